The van der Waals surface area contributed by atoms with Crippen molar-refractivity contribution in [3.8, 4) is 28.7 Å². The van der Waals surface area contributed by atoms with Crippen molar-refractivity contribution in [2.75, 3.05) is 6.61 Å². The number of carbonyl (C=O) groups is 1. The average Bonchev–Trinajstić information content (AvgIpc) is 3.89. The fraction of sp³-hybridized carbons (Fsp3) is 0.119. The van der Waals surface area contributed by atoms with Crippen molar-refractivity contribution < 1.29 is 13.9 Å². The maximum absolute atomic E-state index is 11.9. The monoisotopic (exact) mass is 748 g/mol. The summed E-state index contributed by atoms with van der Waals surface area (Å²) in [5.41, 5.74) is 6.45. The number of carbonyl (C=O) groups excluding carboxylic acids is 1. The van der Waals surface area contributed by atoms with Crippen LogP contribution in [0, 0.1) is 6.92 Å². The summed E-state index contributed by atoms with van der Waals surface area (Å²) in [6.07, 6.45) is 0.819. The highest BCUT2D eigenvalue weighted by Gasteiger charge is 2.41. The van der Waals surface area contributed by atoms with E-state index >= 15 is 0 Å². The maximum atomic E-state index is 11.9. The van der Waals surface area contributed by atoms with Crippen molar-refractivity contribution >= 4 is 33.2 Å². The molecule has 0 aliphatic carbocycles. The summed E-state index contributed by atoms with van der Waals surface area (Å²) in [4.78, 5) is 18.1. The number of hydrogen-bond acceptors (Lipinski definition) is 7. The molecule has 0 saturated heterocycles. The minimum atomic E-state index is -0.903. The molecule has 3 aromatic heterocycles. The van der Waals surface area contributed by atoms with Crippen molar-refractivity contribution in [3.05, 3.63) is 172 Å². The summed E-state index contributed by atoms with van der Waals surface area (Å²) in [6, 6.07) is 45.1. The van der Waals surface area contributed by atoms with Gasteiger partial charge < -0.3 is 9.15 Å². The number of tetrazole rings is 1. The molecule has 0 unspecified atom stereocenters. The molecule has 0 aliphatic rings. The predicted octanol–water partition coefficient (Wildman–Crippen LogP) is 9.12. The highest BCUT2D eigenvalue weighted by atomic mass is 79.9. The quantitative estimate of drug-likeness (QED) is 0.0961. The van der Waals surface area contributed by atoms with Crippen LogP contribution in [0.3, 0.4) is 0 Å². The molecule has 0 bridgehead atoms. The number of imidazole rings is 1. The average molecular weight is 750 g/mol. The number of aldehydes is 1. The van der Waals surface area contributed by atoms with Crippen LogP contribution in [0.25, 0.3) is 33.7 Å². The van der Waals surface area contributed by atoms with Crippen molar-refractivity contribution in [1.29, 1.82) is 0 Å². The van der Waals surface area contributed by atoms with E-state index in [1.54, 1.807) is 16.3 Å². The van der Waals surface area contributed by atoms with E-state index in [9.17, 15) is 4.79 Å². The third-order valence-electron chi connectivity index (χ3n) is 9.27. The number of aryl methyl sites for hydroxylation is 1. The summed E-state index contributed by atoms with van der Waals surface area (Å²) in [6.45, 7) is 4.55. The molecule has 0 aliphatic heterocycles. The van der Waals surface area contributed by atoms with E-state index < -0.39 is 5.54 Å². The first kappa shape index (κ1) is 33.0. The third-order valence-corrected chi connectivity index (χ3v) is 10.1. The zero-order valence-electron chi connectivity index (χ0n) is 28.5. The standard InChI is InChI=1S/C42H33BrN6O3/c1-3-51-41-44-28(2)36(27-50)48(41)26-29-23-24-37-35(25-29)38(43)39(52-37)33-21-13-14-22-34(33)40-45-47-49(46-40)42(30-15-7-4-8-16-30,31-17-9-5-10-18-31)32-19-11-6-12-20-32/h4-25,27H,3,26H2,1-2H3. The van der Waals surface area contributed by atoms with Gasteiger partial charge in [-0.15, -0.1) is 15.0 Å². The van der Waals surface area contributed by atoms with Crippen LogP contribution < -0.4 is 4.74 Å². The summed E-state index contributed by atoms with van der Waals surface area (Å²) < 4.78 is 14.9. The number of nitrogens with zero attached hydrogens (tertiary/aromatic N) is 6. The Balaban J connectivity index is 1.23. The molecule has 0 radical (unpaired) electrons. The molecular weight excluding hydrogens is 716 g/mol. The second-order valence-corrected chi connectivity index (χ2v) is 13.1. The van der Waals surface area contributed by atoms with Crippen molar-refractivity contribution in [2.45, 2.75) is 25.9 Å². The van der Waals surface area contributed by atoms with E-state index in [1.165, 1.54) is 0 Å². The lowest BCUT2D eigenvalue weighted by molar-refractivity contribution is 0.111. The van der Waals surface area contributed by atoms with E-state index in [4.69, 9.17) is 24.6 Å². The van der Waals surface area contributed by atoms with Gasteiger partial charge in [0.2, 0.25) is 5.82 Å². The van der Waals surface area contributed by atoms with Gasteiger partial charge in [-0.2, -0.15) is 4.98 Å². The second kappa shape index (κ2) is 13.9. The van der Waals surface area contributed by atoms with Crippen LogP contribution in [0.2, 0.25) is 0 Å². The third kappa shape index (κ3) is 5.61. The van der Waals surface area contributed by atoms with Crippen LogP contribution in [0.15, 0.2) is 142 Å². The molecule has 0 fully saturated rings. The number of rotatable bonds is 11. The molecule has 8 aromatic rings. The highest BCUT2D eigenvalue weighted by Crippen LogP contribution is 2.43. The second-order valence-electron chi connectivity index (χ2n) is 12.3. The summed E-state index contributed by atoms with van der Waals surface area (Å²) in [5, 5.41) is 15.5. The normalized spacial score (nSPS) is 11.6. The number of ether oxygens (including phenoxy) is 1. The van der Waals surface area contributed by atoms with Gasteiger partial charge in [0.1, 0.15) is 17.0 Å². The number of furan rings is 1. The fourth-order valence-electron chi connectivity index (χ4n) is 6.89. The van der Waals surface area contributed by atoms with Crippen molar-refractivity contribution in [1.82, 2.24) is 29.8 Å². The SMILES string of the molecule is CCOc1nc(C)c(C=O)n1Cc1ccc2oc(-c3ccccc3-c3nnn(C(c4ccccc4)(c4ccccc4)c4ccccc4)n3)c(Br)c2c1. The van der Waals surface area contributed by atoms with E-state index in [-0.39, 0.29) is 0 Å². The highest BCUT2D eigenvalue weighted by molar-refractivity contribution is 9.10. The minimum Gasteiger partial charge on any atom is -0.465 e. The number of fused-ring (bicyclic) bond motifs is 1. The van der Waals surface area contributed by atoms with E-state index in [0.717, 1.165) is 49.5 Å². The van der Waals surface area contributed by atoms with Crippen LogP contribution in [0.4, 0.5) is 0 Å². The molecular formula is C42H33BrN6O3. The minimum absolute atomic E-state index is 0.406. The molecule has 9 nitrogen and oxygen atoms in total. The van der Waals surface area contributed by atoms with Gasteiger partial charge in [0, 0.05) is 16.5 Å². The van der Waals surface area contributed by atoms with Crippen LogP contribution in [-0.4, -0.2) is 42.7 Å². The molecule has 0 amide bonds. The smallest absolute Gasteiger partial charge is 0.297 e. The lowest BCUT2D eigenvalue weighted by atomic mass is 9.77. The largest absolute Gasteiger partial charge is 0.465 e. The maximum Gasteiger partial charge on any atom is 0.297 e. The van der Waals surface area contributed by atoms with Crippen molar-refractivity contribution in [2.24, 2.45) is 0 Å². The number of halogens is 1. The van der Waals surface area contributed by atoms with Gasteiger partial charge in [0.15, 0.2) is 11.8 Å². The number of hydrogen-bond donors (Lipinski definition) is 0. The molecule has 52 heavy (non-hydrogen) atoms. The first-order valence-electron chi connectivity index (χ1n) is 17.0. The van der Waals surface area contributed by atoms with Gasteiger partial charge in [-0.3, -0.25) is 9.36 Å². The van der Waals surface area contributed by atoms with Gasteiger partial charge in [-0.1, -0.05) is 121 Å². The summed E-state index contributed by atoms with van der Waals surface area (Å²) in [5.74, 6) is 1.10. The van der Waals surface area contributed by atoms with E-state index in [2.05, 4.69) is 63.4 Å². The van der Waals surface area contributed by atoms with Gasteiger partial charge in [0.25, 0.3) is 6.01 Å². The Hall–Kier alpha value is -6.13. The molecule has 0 spiro atoms. The molecule has 8 rings (SSSR count). The molecule has 256 valence electrons. The zero-order chi connectivity index (χ0) is 35.7. The first-order valence-corrected chi connectivity index (χ1v) is 17.7. The Bertz CT molecular complexity index is 2410. The Kier molecular flexibility index (Phi) is 8.82. The lowest BCUT2D eigenvalue weighted by Gasteiger charge is -2.34. The molecule has 5 aromatic carbocycles. The molecule has 10 heteroatoms. The molecule has 0 saturated carbocycles. The molecule has 0 N–H and O–H groups in total. The topological polar surface area (TPSA) is 101 Å². The Morgan fingerprint density at radius 2 is 1.40 bits per heavy atom. The lowest BCUT2D eigenvalue weighted by Crippen LogP contribution is -2.39. The van der Waals surface area contributed by atoms with Gasteiger partial charge >= 0.3 is 0 Å². The van der Waals surface area contributed by atoms with Gasteiger partial charge in [-0.25, -0.2) is 0 Å². The van der Waals surface area contributed by atoms with Crippen LogP contribution in [0.1, 0.15) is 45.4 Å². The number of benzene rings is 5. The zero-order valence-corrected chi connectivity index (χ0v) is 30.1. The van der Waals surface area contributed by atoms with E-state index in [0.29, 0.717) is 47.7 Å². The predicted molar refractivity (Wildman–Crippen MR) is 203 cm³/mol. The van der Waals surface area contributed by atoms with Crippen LogP contribution >= 0.6 is 15.9 Å². The van der Waals surface area contributed by atoms with Gasteiger partial charge in [0.05, 0.1) is 23.3 Å². The Morgan fingerprint density at radius 3 is 2.00 bits per heavy atom. The van der Waals surface area contributed by atoms with E-state index in [1.807, 2.05) is 97.9 Å². The Labute approximate surface area is 308 Å². The van der Waals surface area contributed by atoms with Crippen LogP contribution in [-0.2, 0) is 12.1 Å². The number of aromatic nitrogens is 6. The fourth-order valence-corrected chi connectivity index (χ4v) is 7.50. The summed E-state index contributed by atoms with van der Waals surface area (Å²) >= 11 is 3.86. The van der Waals surface area contributed by atoms with Crippen LogP contribution in [0.5, 0.6) is 6.01 Å². The molecule has 3 heterocycles. The Morgan fingerprint density at radius 1 is 0.808 bits per heavy atom. The summed E-state index contributed by atoms with van der Waals surface area (Å²) in [7, 11) is 0. The van der Waals surface area contributed by atoms with Crippen molar-refractivity contribution in [3.63, 3.8) is 0 Å². The molecule has 0 atom stereocenters. The van der Waals surface area contributed by atoms with Gasteiger partial charge in [-0.05, 0) is 69.4 Å². The first-order chi connectivity index (χ1) is 25.5.